The number of aliphatic hydroxyl groups is 1. The van der Waals surface area contributed by atoms with Gasteiger partial charge in [-0.3, -0.25) is 0 Å². The molecule has 0 aromatic carbocycles. The van der Waals surface area contributed by atoms with Crippen molar-refractivity contribution in [3.63, 3.8) is 0 Å². The van der Waals surface area contributed by atoms with Crippen molar-refractivity contribution in [2.75, 3.05) is 19.8 Å². The first-order chi connectivity index (χ1) is 9.95. The van der Waals surface area contributed by atoms with Crippen LogP contribution >= 0.6 is 0 Å². The molecule has 0 spiro atoms. The predicted octanol–water partition coefficient (Wildman–Crippen LogP) is 1.48. The maximum Gasteiger partial charge on any atom is 0.244 e. The first-order valence-corrected chi connectivity index (χ1v) is 8.71. The van der Waals surface area contributed by atoms with Gasteiger partial charge in [-0.1, -0.05) is 0 Å². The van der Waals surface area contributed by atoms with Crippen LogP contribution < -0.4 is 4.72 Å². The van der Waals surface area contributed by atoms with Gasteiger partial charge < -0.3 is 14.3 Å². The number of ether oxygens (including phenoxy) is 1. The summed E-state index contributed by atoms with van der Waals surface area (Å²) in [6, 6.07) is 0. The van der Waals surface area contributed by atoms with Crippen molar-refractivity contribution in [3.8, 4) is 0 Å². The van der Waals surface area contributed by atoms with Crippen LogP contribution in [-0.4, -0.2) is 33.3 Å². The first kappa shape index (κ1) is 16.5. The number of hydrogen-bond donors (Lipinski definition) is 2. The number of nitrogens with one attached hydrogen (secondary N) is 1. The van der Waals surface area contributed by atoms with Crippen LogP contribution in [0.1, 0.15) is 36.3 Å². The lowest BCUT2D eigenvalue weighted by atomic mass is 10.2. The van der Waals surface area contributed by atoms with E-state index in [0.717, 1.165) is 6.61 Å². The topological polar surface area (TPSA) is 88.8 Å². The van der Waals surface area contributed by atoms with Gasteiger partial charge in [0.1, 0.15) is 16.4 Å². The van der Waals surface area contributed by atoms with Gasteiger partial charge in [0, 0.05) is 25.3 Å². The van der Waals surface area contributed by atoms with Crippen molar-refractivity contribution in [2.24, 2.45) is 5.92 Å². The summed E-state index contributed by atoms with van der Waals surface area (Å²) in [6.45, 7) is 4.50. The molecule has 0 aliphatic heterocycles. The fourth-order valence-corrected chi connectivity index (χ4v) is 3.74. The second-order valence-electron chi connectivity index (χ2n) is 5.45. The summed E-state index contributed by atoms with van der Waals surface area (Å²) in [6.07, 6.45) is 3.11. The number of aryl methyl sites for hydroxylation is 2. The monoisotopic (exact) mass is 317 g/mol. The zero-order valence-corrected chi connectivity index (χ0v) is 13.3. The molecule has 1 fully saturated rings. The Labute approximate surface area is 125 Å². The highest BCUT2D eigenvalue weighted by atomic mass is 32.2. The largest absolute Gasteiger partial charge is 0.465 e. The molecule has 1 aliphatic rings. The minimum absolute atomic E-state index is 0.0569. The van der Waals surface area contributed by atoms with Gasteiger partial charge in [0.25, 0.3) is 0 Å². The Kier molecular flexibility index (Phi) is 5.43. The Morgan fingerprint density at radius 1 is 1.33 bits per heavy atom. The fourth-order valence-electron chi connectivity index (χ4n) is 2.23. The summed E-state index contributed by atoms with van der Waals surface area (Å²) in [7, 11) is -3.66. The van der Waals surface area contributed by atoms with E-state index in [0.29, 0.717) is 42.6 Å². The highest BCUT2D eigenvalue weighted by molar-refractivity contribution is 7.89. The maximum absolute atomic E-state index is 12.3. The number of sulfonamides is 1. The molecule has 0 unspecified atom stereocenters. The zero-order chi connectivity index (χ0) is 15.5. The van der Waals surface area contributed by atoms with Gasteiger partial charge >= 0.3 is 0 Å². The third-order valence-electron chi connectivity index (χ3n) is 3.56. The summed E-state index contributed by atoms with van der Waals surface area (Å²) in [5.74, 6) is 1.45. The van der Waals surface area contributed by atoms with Crippen LogP contribution in [0.2, 0.25) is 0 Å². The molecule has 0 bridgehead atoms. The molecule has 1 saturated carbocycles. The van der Waals surface area contributed by atoms with Crippen LogP contribution in [0.15, 0.2) is 9.31 Å². The smallest absolute Gasteiger partial charge is 0.244 e. The fraction of sp³-hybridized carbons (Fsp3) is 0.714. The molecule has 1 heterocycles. The molecule has 6 nitrogen and oxygen atoms in total. The molecule has 0 saturated heterocycles. The average Bonchev–Trinajstić information content (AvgIpc) is 3.18. The molecule has 2 rings (SSSR count). The van der Waals surface area contributed by atoms with Gasteiger partial charge in [-0.25, -0.2) is 13.1 Å². The Hall–Kier alpha value is -0.890. The van der Waals surface area contributed by atoms with E-state index >= 15 is 0 Å². The number of furan rings is 1. The molecule has 1 aromatic rings. The molecule has 21 heavy (non-hydrogen) atoms. The van der Waals surface area contributed by atoms with Crippen LogP contribution in [-0.2, 0) is 21.4 Å². The zero-order valence-electron chi connectivity index (χ0n) is 12.5. The van der Waals surface area contributed by atoms with Gasteiger partial charge in [0.15, 0.2) is 0 Å². The minimum Gasteiger partial charge on any atom is -0.465 e. The molecule has 0 atom stereocenters. The van der Waals surface area contributed by atoms with E-state index in [9.17, 15) is 13.5 Å². The summed E-state index contributed by atoms with van der Waals surface area (Å²) >= 11 is 0. The van der Waals surface area contributed by atoms with Crippen molar-refractivity contribution in [1.82, 2.24) is 4.72 Å². The lowest BCUT2D eigenvalue weighted by Crippen LogP contribution is -2.26. The third-order valence-corrected chi connectivity index (χ3v) is 5.22. The highest BCUT2D eigenvalue weighted by Crippen LogP contribution is 2.28. The maximum atomic E-state index is 12.3. The van der Waals surface area contributed by atoms with E-state index in [1.165, 1.54) is 12.8 Å². The quantitative estimate of drug-likeness (QED) is 0.674. The van der Waals surface area contributed by atoms with E-state index in [1.54, 1.807) is 13.8 Å². The first-order valence-electron chi connectivity index (χ1n) is 7.23. The summed E-state index contributed by atoms with van der Waals surface area (Å²) in [4.78, 5) is 0.0569. The standard InChI is InChI=1S/C14H23NO5S/c1-10-13(8-16)14(11(2)20-10)21(17,18)15-6-3-7-19-9-12-4-5-12/h12,15-16H,3-9H2,1-2H3. The van der Waals surface area contributed by atoms with Crippen LogP contribution in [0.4, 0.5) is 0 Å². The van der Waals surface area contributed by atoms with Gasteiger partial charge in [-0.15, -0.1) is 0 Å². The van der Waals surface area contributed by atoms with Crippen molar-refractivity contribution in [3.05, 3.63) is 17.1 Å². The summed E-state index contributed by atoms with van der Waals surface area (Å²) in [5.41, 5.74) is 0.324. The minimum atomic E-state index is -3.66. The summed E-state index contributed by atoms with van der Waals surface area (Å²) < 4.78 is 37.8. The Balaban J connectivity index is 1.86. The van der Waals surface area contributed by atoms with Crippen LogP contribution in [0, 0.1) is 19.8 Å². The molecule has 1 aromatic heterocycles. The Morgan fingerprint density at radius 2 is 2.05 bits per heavy atom. The van der Waals surface area contributed by atoms with E-state index in [4.69, 9.17) is 9.15 Å². The Morgan fingerprint density at radius 3 is 2.67 bits per heavy atom. The van der Waals surface area contributed by atoms with Crippen LogP contribution in [0.5, 0.6) is 0 Å². The second-order valence-corrected chi connectivity index (χ2v) is 7.15. The summed E-state index contributed by atoms with van der Waals surface area (Å²) in [5, 5.41) is 9.30. The molecule has 1 aliphatic carbocycles. The lowest BCUT2D eigenvalue weighted by molar-refractivity contribution is 0.123. The molecule has 7 heteroatoms. The van der Waals surface area contributed by atoms with E-state index in [1.807, 2.05) is 0 Å². The Bertz CT molecular complexity index is 574. The van der Waals surface area contributed by atoms with Gasteiger partial charge in [0.05, 0.1) is 6.61 Å². The molecular weight excluding hydrogens is 294 g/mol. The lowest BCUT2D eigenvalue weighted by Gasteiger charge is -2.08. The van der Waals surface area contributed by atoms with E-state index in [-0.39, 0.29) is 11.5 Å². The van der Waals surface area contributed by atoms with Gasteiger partial charge in [-0.2, -0.15) is 0 Å². The van der Waals surface area contributed by atoms with E-state index in [2.05, 4.69) is 4.72 Å². The molecule has 0 radical (unpaired) electrons. The number of rotatable bonds is 9. The van der Waals surface area contributed by atoms with Crippen molar-refractivity contribution in [1.29, 1.82) is 0 Å². The molecule has 0 amide bonds. The second kappa shape index (κ2) is 6.91. The number of aliphatic hydroxyl groups excluding tert-OH is 1. The molecular formula is C14H23NO5S. The normalized spacial score (nSPS) is 15.6. The van der Waals surface area contributed by atoms with Gasteiger partial charge in [0.2, 0.25) is 10.0 Å². The van der Waals surface area contributed by atoms with Crippen LogP contribution in [0.25, 0.3) is 0 Å². The number of hydrogen-bond acceptors (Lipinski definition) is 5. The van der Waals surface area contributed by atoms with Crippen molar-refractivity contribution >= 4 is 10.0 Å². The molecule has 2 N–H and O–H groups in total. The van der Waals surface area contributed by atoms with E-state index < -0.39 is 10.0 Å². The van der Waals surface area contributed by atoms with Crippen molar-refractivity contribution in [2.45, 2.75) is 44.6 Å². The van der Waals surface area contributed by atoms with Crippen LogP contribution in [0.3, 0.4) is 0 Å². The third kappa shape index (κ3) is 4.29. The molecule has 120 valence electrons. The average molecular weight is 317 g/mol. The predicted molar refractivity (Wildman–Crippen MR) is 77.5 cm³/mol. The highest BCUT2D eigenvalue weighted by Gasteiger charge is 2.26. The SMILES string of the molecule is Cc1oc(C)c(S(=O)(=O)NCCCOCC2CC2)c1CO. The van der Waals surface area contributed by atoms with Crippen molar-refractivity contribution < 1.29 is 22.7 Å². The van der Waals surface area contributed by atoms with Gasteiger partial charge in [-0.05, 0) is 39.0 Å².